The molecule has 2 atom stereocenters. The summed E-state index contributed by atoms with van der Waals surface area (Å²) in [7, 11) is 0. The number of halogens is 1. The zero-order valence-electron chi connectivity index (χ0n) is 10.7. The van der Waals surface area contributed by atoms with Crippen molar-refractivity contribution in [2.24, 2.45) is 5.73 Å². The van der Waals surface area contributed by atoms with Crippen LogP contribution in [0.2, 0.25) is 0 Å². The number of benzene rings is 1. The molecule has 0 radical (unpaired) electrons. The molecule has 3 heteroatoms. The molecule has 96 valence electrons. The van der Waals surface area contributed by atoms with Gasteiger partial charge in [0.15, 0.2) is 0 Å². The molecule has 0 bridgehead atoms. The summed E-state index contributed by atoms with van der Waals surface area (Å²) in [6, 6.07) is 8.58. The standard InChI is InChI=1S/C14H22BrNS/c1-3-4-7-10-17-14(11(2)16)12-8-5-6-9-13(12)15/h5-6,8-9,11,14H,3-4,7,10,16H2,1-2H3. The molecular weight excluding hydrogens is 294 g/mol. The molecule has 1 aromatic carbocycles. The smallest absolute Gasteiger partial charge is 0.0456 e. The van der Waals surface area contributed by atoms with Crippen LogP contribution in [0.25, 0.3) is 0 Å². The summed E-state index contributed by atoms with van der Waals surface area (Å²) >= 11 is 5.60. The molecule has 0 fully saturated rings. The molecule has 1 aromatic rings. The summed E-state index contributed by atoms with van der Waals surface area (Å²) in [5.74, 6) is 1.20. The van der Waals surface area contributed by atoms with Crippen molar-refractivity contribution >= 4 is 27.7 Å². The van der Waals surface area contributed by atoms with Crippen molar-refractivity contribution in [3.8, 4) is 0 Å². The highest BCUT2D eigenvalue weighted by molar-refractivity contribution is 9.10. The predicted molar refractivity (Wildman–Crippen MR) is 82.5 cm³/mol. The fraction of sp³-hybridized carbons (Fsp3) is 0.571. The number of nitrogens with two attached hydrogens (primary N) is 1. The highest BCUT2D eigenvalue weighted by atomic mass is 79.9. The van der Waals surface area contributed by atoms with Crippen LogP contribution in [-0.4, -0.2) is 11.8 Å². The molecule has 0 aliphatic carbocycles. The van der Waals surface area contributed by atoms with E-state index in [1.807, 2.05) is 17.8 Å². The highest BCUT2D eigenvalue weighted by Gasteiger charge is 2.18. The van der Waals surface area contributed by atoms with Gasteiger partial charge in [0.2, 0.25) is 0 Å². The van der Waals surface area contributed by atoms with Gasteiger partial charge in [-0.05, 0) is 30.7 Å². The Balaban J connectivity index is 2.63. The number of rotatable bonds is 7. The predicted octanol–water partition coefficient (Wildman–Crippen LogP) is 4.76. The Morgan fingerprint density at radius 2 is 2.00 bits per heavy atom. The molecule has 0 aromatic heterocycles. The van der Waals surface area contributed by atoms with Crippen molar-refractivity contribution in [2.75, 3.05) is 5.75 Å². The lowest BCUT2D eigenvalue weighted by Gasteiger charge is -2.22. The van der Waals surface area contributed by atoms with Crippen LogP contribution < -0.4 is 5.73 Å². The van der Waals surface area contributed by atoms with Crippen LogP contribution in [-0.2, 0) is 0 Å². The van der Waals surface area contributed by atoms with E-state index >= 15 is 0 Å². The topological polar surface area (TPSA) is 26.0 Å². The molecule has 2 N–H and O–H groups in total. The van der Waals surface area contributed by atoms with Gasteiger partial charge in [-0.25, -0.2) is 0 Å². The molecule has 0 spiro atoms. The van der Waals surface area contributed by atoms with Gasteiger partial charge in [0.25, 0.3) is 0 Å². The minimum atomic E-state index is 0.181. The molecule has 2 unspecified atom stereocenters. The second kappa shape index (κ2) is 8.17. The first-order valence-electron chi connectivity index (χ1n) is 6.28. The van der Waals surface area contributed by atoms with E-state index in [4.69, 9.17) is 5.73 Å². The number of hydrogen-bond donors (Lipinski definition) is 1. The summed E-state index contributed by atoms with van der Waals surface area (Å²) in [6.07, 6.45) is 3.88. The molecule has 0 aliphatic rings. The molecule has 1 rings (SSSR count). The number of unbranched alkanes of at least 4 members (excludes halogenated alkanes) is 2. The van der Waals surface area contributed by atoms with Gasteiger partial charge in [-0.2, -0.15) is 11.8 Å². The van der Waals surface area contributed by atoms with Crippen LogP contribution in [0.5, 0.6) is 0 Å². The van der Waals surface area contributed by atoms with Gasteiger partial charge in [0.05, 0.1) is 0 Å². The average molecular weight is 316 g/mol. The van der Waals surface area contributed by atoms with E-state index in [0.717, 1.165) is 0 Å². The van der Waals surface area contributed by atoms with Crippen LogP contribution in [0.1, 0.15) is 43.9 Å². The van der Waals surface area contributed by atoms with Gasteiger partial charge in [0, 0.05) is 15.8 Å². The van der Waals surface area contributed by atoms with Crippen molar-refractivity contribution in [3.05, 3.63) is 34.3 Å². The number of thioether (sulfide) groups is 1. The largest absolute Gasteiger partial charge is 0.327 e. The van der Waals surface area contributed by atoms with E-state index < -0.39 is 0 Å². The van der Waals surface area contributed by atoms with Gasteiger partial charge in [0.1, 0.15) is 0 Å². The van der Waals surface area contributed by atoms with E-state index in [9.17, 15) is 0 Å². The molecule has 0 amide bonds. The molecule has 0 heterocycles. The first-order chi connectivity index (χ1) is 8.16. The minimum Gasteiger partial charge on any atom is -0.327 e. The third-order valence-electron chi connectivity index (χ3n) is 2.73. The Bertz CT molecular complexity index is 328. The lowest BCUT2D eigenvalue weighted by atomic mass is 10.1. The quantitative estimate of drug-likeness (QED) is 0.734. The molecule has 0 saturated carbocycles. The van der Waals surface area contributed by atoms with E-state index in [-0.39, 0.29) is 6.04 Å². The summed E-state index contributed by atoms with van der Waals surface area (Å²) in [5.41, 5.74) is 7.43. The first-order valence-corrected chi connectivity index (χ1v) is 8.12. The summed E-state index contributed by atoms with van der Waals surface area (Å²) < 4.78 is 1.17. The summed E-state index contributed by atoms with van der Waals surface area (Å²) in [4.78, 5) is 0. The van der Waals surface area contributed by atoms with Crippen molar-refractivity contribution in [1.82, 2.24) is 0 Å². The fourth-order valence-electron chi connectivity index (χ4n) is 1.79. The van der Waals surface area contributed by atoms with E-state index in [1.165, 1.54) is 35.1 Å². The Hall–Kier alpha value is 0.01000. The molecule has 0 saturated heterocycles. The van der Waals surface area contributed by atoms with Crippen LogP contribution >= 0.6 is 27.7 Å². The maximum absolute atomic E-state index is 6.11. The maximum atomic E-state index is 6.11. The minimum absolute atomic E-state index is 0.181. The van der Waals surface area contributed by atoms with E-state index in [0.29, 0.717) is 5.25 Å². The summed E-state index contributed by atoms with van der Waals surface area (Å²) in [6.45, 7) is 4.33. The average Bonchev–Trinajstić information content (AvgIpc) is 2.30. The third kappa shape index (κ3) is 5.02. The molecule has 0 aliphatic heterocycles. The molecule has 1 nitrogen and oxygen atoms in total. The lowest BCUT2D eigenvalue weighted by Crippen LogP contribution is -2.23. The third-order valence-corrected chi connectivity index (χ3v) is 5.02. The molecular formula is C14H22BrNS. The summed E-state index contributed by atoms with van der Waals surface area (Å²) in [5, 5.41) is 0.391. The Morgan fingerprint density at radius 1 is 1.29 bits per heavy atom. The van der Waals surface area contributed by atoms with Gasteiger partial charge in [-0.3, -0.25) is 0 Å². The second-order valence-corrected chi connectivity index (χ2v) is 6.48. The Morgan fingerprint density at radius 3 is 2.59 bits per heavy atom. The van der Waals surface area contributed by atoms with Crippen molar-refractivity contribution in [1.29, 1.82) is 0 Å². The van der Waals surface area contributed by atoms with Crippen molar-refractivity contribution in [2.45, 2.75) is 44.4 Å². The highest BCUT2D eigenvalue weighted by Crippen LogP contribution is 2.36. The SMILES string of the molecule is CCCCCSC(c1ccccc1Br)C(C)N. The Kier molecular flexibility index (Phi) is 7.24. The van der Waals surface area contributed by atoms with Crippen LogP contribution in [0.3, 0.4) is 0 Å². The van der Waals surface area contributed by atoms with Crippen molar-refractivity contribution < 1.29 is 0 Å². The number of hydrogen-bond acceptors (Lipinski definition) is 2. The molecule has 17 heavy (non-hydrogen) atoms. The Labute approximate surface area is 118 Å². The maximum Gasteiger partial charge on any atom is 0.0456 e. The van der Waals surface area contributed by atoms with Gasteiger partial charge in [-0.15, -0.1) is 0 Å². The second-order valence-electron chi connectivity index (χ2n) is 4.38. The van der Waals surface area contributed by atoms with Crippen LogP contribution in [0.4, 0.5) is 0 Å². The van der Waals surface area contributed by atoms with Crippen LogP contribution in [0, 0.1) is 0 Å². The zero-order valence-corrected chi connectivity index (χ0v) is 13.1. The first kappa shape index (κ1) is 15.1. The van der Waals surface area contributed by atoms with Gasteiger partial charge >= 0.3 is 0 Å². The lowest BCUT2D eigenvalue weighted by molar-refractivity contribution is 0.714. The monoisotopic (exact) mass is 315 g/mol. The van der Waals surface area contributed by atoms with Crippen molar-refractivity contribution in [3.63, 3.8) is 0 Å². The van der Waals surface area contributed by atoms with Crippen LogP contribution in [0.15, 0.2) is 28.7 Å². The van der Waals surface area contributed by atoms with E-state index in [2.05, 4.69) is 48.0 Å². The fourth-order valence-corrected chi connectivity index (χ4v) is 3.79. The van der Waals surface area contributed by atoms with E-state index in [1.54, 1.807) is 0 Å². The van der Waals surface area contributed by atoms with Gasteiger partial charge < -0.3 is 5.73 Å². The zero-order chi connectivity index (χ0) is 12.7. The normalized spacial score (nSPS) is 14.6. The van der Waals surface area contributed by atoms with Gasteiger partial charge in [-0.1, -0.05) is 53.9 Å².